The van der Waals surface area contributed by atoms with Crippen molar-refractivity contribution in [1.29, 1.82) is 0 Å². The first-order chi connectivity index (χ1) is 14.9. The second kappa shape index (κ2) is 8.87. The summed E-state index contributed by atoms with van der Waals surface area (Å²) in [4.78, 5) is 16.4. The summed E-state index contributed by atoms with van der Waals surface area (Å²) in [6, 6.07) is 9.56. The summed E-state index contributed by atoms with van der Waals surface area (Å²) in [5, 5.41) is 6.36. The molecule has 2 N–H and O–H groups in total. The number of ether oxygens (including phenoxy) is 1. The first kappa shape index (κ1) is 21.0. The highest BCUT2D eigenvalue weighted by Gasteiger charge is 2.24. The van der Waals surface area contributed by atoms with Gasteiger partial charge in [0, 0.05) is 23.8 Å². The lowest BCUT2D eigenvalue weighted by molar-refractivity contribution is 0.0926. The van der Waals surface area contributed by atoms with E-state index in [-0.39, 0.29) is 35.0 Å². The number of amides is 1. The summed E-state index contributed by atoms with van der Waals surface area (Å²) < 4.78 is 46.3. The van der Waals surface area contributed by atoms with E-state index < -0.39 is 12.2 Å². The summed E-state index contributed by atoms with van der Waals surface area (Å²) >= 11 is 0. The second-order valence-electron chi connectivity index (χ2n) is 7.62. The predicted molar refractivity (Wildman–Crippen MR) is 110 cm³/mol. The molecule has 0 unspecified atom stereocenters. The number of halogens is 3. The van der Waals surface area contributed by atoms with Gasteiger partial charge in [-0.3, -0.25) is 9.20 Å². The van der Waals surface area contributed by atoms with Crippen molar-refractivity contribution in [1.82, 2.24) is 14.7 Å². The van der Waals surface area contributed by atoms with Crippen LogP contribution < -0.4 is 15.4 Å². The number of anilines is 1. The smallest absolute Gasteiger partial charge is 0.281 e. The van der Waals surface area contributed by atoms with E-state index in [1.54, 1.807) is 16.5 Å². The third kappa shape index (κ3) is 4.60. The Morgan fingerprint density at radius 1 is 1.16 bits per heavy atom. The number of aromatic nitrogens is 2. The minimum absolute atomic E-state index is 0.00909. The second-order valence-corrected chi connectivity index (χ2v) is 7.62. The van der Waals surface area contributed by atoms with Crippen LogP contribution in [0.5, 0.6) is 5.75 Å². The summed E-state index contributed by atoms with van der Waals surface area (Å²) in [5.41, 5.74) is 0.462. The van der Waals surface area contributed by atoms with Crippen LogP contribution in [0.1, 0.15) is 48.2 Å². The van der Waals surface area contributed by atoms with Crippen LogP contribution >= 0.6 is 0 Å². The van der Waals surface area contributed by atoms with Gasteiger partial charge in [0.2, 0.25) is 0 Å². The van der Waals surface area contributed by atoms with Gasteiger partial charge in [-0.1, -0.05) is 6.07 Å². The van der Waals surface area contributed by atoms with E-state index in [2.05, 4.69) is 15.6 Å². The molecule has 1 saturated carbocycles. The van der Waals surface area contributed by atoms with Crippen LogP contribution in [0, 0.1) is 5.82 Å². The van der Waals surface area contributed by atoms with Gasteiger partial charge in [0.1, 0.15) is 17.2 Å². The number of fused-ring (bicyclic) bond motifs is 1. The fourth-order valence-corrected chi connectivity index (χ4v) is 3.92. The zero-order valence-electron chi connectivity index (χ0n) is 16.9. The molecule has 1 aliphatic rings. The molecule has 6 nitrogen and oxygen atoms in total. The third-order valence-electron chi connectivity index (χ3n) is 5.56. The van der Waals surface area contributed by atoms with Gasteiger partial charge in [-0.15, -0.1) is 0 Å². The zero-order chi connectivity index (χ0) is 22.0. The van der Waals surface area contributed by atoms with Crippen LogP contribution in [-0.2, 0) is 0 Å². The molecule has 1 aliphatic carbocycles. The Morgan fingerprint density at radius 3 is 2.58 bits per heavy atom. The first-order valence-electron chi connectivity index (χ1n) is 10.1. The molecule has 0 radical (unpaired) electrons. The van der Waals surface area contributed by atoms with Crippen LogP contribution in [-0.4, -0.2) is 34.5 Å². The van der Waals surface area contributed by atoms with E-state index >= 15 is 0 Å². The normalized spacial score (nSPS) is 18.9. The summed E-state index contributed by atoms with van der Waals surface area (Å²) in [5.74, 6) is -0.0952. The van der Waals surface area contributed by atoms with E-state index in [9.17, 15) is 18.0 Å². The van der Waals surface area contributed by atoms with Crippen LogP contribution in [0.15, 0.2) is 42.6 Å². The molecular weight excluding hydrogens is 409 g/mol. The largest absolute Gasteiger partial charge is 0.494 e. The lowest BCUT2D eigenvalue weighted by atomic mass is 9.91. The van der Waals surface area contributed by atoms with Crippen molar-refractivity contribution in [3.8, 4) is 5.75 Å². The van der Waals surface area contributed by atoms with Gasteiger partial charge in [0.15, 0.2) is 11.6 Å². The maximum Gasteiger partial charge on any atom is 0.281 e. The average Bonchev–Trinajstić information content (AvgIpc) is 3.21. The van der Waals surface area contributed by atoms with Gasteiger partial charge in [-0.25, -0.2) is 18.2 Å². The van der Waals surface area contributed by atoms with Gasteiger partial charge >= 0.3 is 0 Å². The molecule has 0 saturated heterocycles. The SMILES string of the molecule is COc1ccc(C(=O)N[C@H]2CC[C@@H](Nc3cccc4nc(C(F)F)cn34)CC2)cc1F. The molecule has 2 aromatic heterocycles. The highest BCUT2D eigenvalue weighted by Crippen LogP contribution is 2.25. The van der Waals surface area contributed by atoms with Gasteiger partial charge in [-0.2, -0.15) is 0 Å². The van der Waals surface area contributed by atoms with E-state index in [4.69, 9.17) is 4.74 Å². The minimum Gasteiger partial charge on any atom is -0.494 e. The number of methoxy groups -OCH3 is 1. The maximum atomic E-state index is 13.8. The standard InChI is InChI=1S/C22H23F3N4O2/c1-31-18-10-5-13(11-16(18)23)22(30)27-15-8-6-14(7-9-15)26-19-3-2-4-20-28-17(21(24)25)12-29(19)20/h2-5,10-12,14-15,21,26H,6-9H2,1H3,(H,27,30)/t14-,15+. The lowest BCUT2D eigenvalue weighted by Gasteiger charge is -2.30. The minimum atomic E-state index is -2.62. The van der Waals surface area contributed by atoms with Crippen molar-refractivity contribution >= 4 is 17.4 Å². The predicted octanol–water partition coefficient (Wildman–Crippen LogP) is 4.57. The monoisotopic (exact) mass is 432 g/mol. The Hall–Kier alpha value is -3.23. The summed E-state index contributed by atoms with van der Waals surface area (Å²) in [6.07, 6.45) is 1.84. The fourth-order valence-electron chi connectivity index (χ4n) is 3.92. The molecule has 1 fully saturated rings. The summed E-state index contributed by atoms with van der Waals surface area (Å²) in [7, 11) is 1.37. The van der Waals surface area contributed by atoms with Gasteiger partial charge in [-0.05, 0) is 56.0 Å². The Kier molecular flexibility index (Phi) is 6.01. The highest BCUT2D eigenvalue weighted by atomic mass is 19.3. The molecule has 1 aromatic carbocycles. The first-order valence-corrected chi connectivity index (χ1v) is 10.1. The Labute approximate surface area is 177 Å². The number of carbonyl (C=O) groups is 1. The van der Waals surface area contributed by atoms with Crippen LogP contribution in [0.3, 0.4) is 0 Å². The van der Waals surface area contributed by atoms with Crippen molar-refractivity contribution in [2.45, 2.75) is 44.2 Å². The summed E-state index contributed by atoms with van der Waals surface area (Å²) in [6.45, 7) is 0. The molecule has 0 atom stereocenters. The van der Waals surface area contributed by atoms with Gasteiger partial charge in [0.05, 0.1) is 7.11 Å². The number of alkyl halides is 2. The third-order valence-corrected chi connectivity index (χ3v) is 5.56. The molecule has 2 heterocycles. The van der Waals surface area contributed by atoms with E-state index in [0.29, 0.717) is 11.5 Å². The molecule has 4 rings (SSSR count). The van der Waals surface area contributed by atoms with Crippen molar-refractivity contribution in [2.24, 2.45) is 0 Å². The Bertz CT molecular complexity index is 1080. The molecule has 31 heavy (non-hydrogen) atoms. The molecule has 0 aliphatic heterocycles. The number of hydrogen-bond donors (Lipinski definition) is 2. The average molecular weight is 432 g/mol. The molecule has 1 amide bonds. The topological polar surface area (TPSA) is 67.7 Å². The van der Waals surface area contributed by atoms with Crippen LogP contribution in [0.4, 0.5) is 19.0 Å². The van der Waals surface area contributed by atoms with E-state index in [1.807, 2.05) is 6.07 Å². The molecule has 0 spiro atoms. The molecule has 9 heteroatoms. The van der Waals surface area contributed by atoms with Gasteiger partial charge < -0.3 is 15.4 Å². The Morgan fingerprint density at radius 2 is 1.90 bits per heavy atom. The van der Waals surface area contributed by atoms with E-state index in [1.165, 1.54) is 31.5 Å². The number of nitrogens with one attached hydrogen (secondary N) is 2. The molecule has 3 aromatic rings. The molecule has 0 bridgehead atoms. The number of pyridine rings is 1. The Balaban J connectivity index is 1.34. The number of rotatable bonds is 6. The maximum absolute atomic E-state index is 13.8. The molecule has 164 valence electrons. The number of benzene rings is 1. The van der Waals surface area contributed by atoms with Crippen molar-refractivity contribution in [3.63, 3.8) is 0 Å². The number of nitrogens with zero attached hydrogens (tertiary/aromatic N) is 2. The fraction of sp³-hybridized carbons (Fsp3) is 0.364. The highest BCUT2D eigenvalue weighted by molar-refractivity contribution is 5.94. The number of carbonyl (C=O) groups excluding carboxylic acids is 1. The van der Waals surface area contributed by atoms with Crippen LogP contribution in [0.25, 0.3) is 5.65 Å². The lowest BCUT2D eigenvalue weighted by Crippen LogP contribution is -2.40. The number of hydrogen-bond acceptors (Lipinski definition) is 4. The van der Waals surface area contributed by atoms with Crippen LogP contribution in [0.2, 0.25) is 0 Å². The van der Waals surface area contributed by atoms with E-state index in [0.717, 1.165) is 25.7 Å². The zero-order valence-corrected chi connectivity index (χ0v) is 16.9. The molecular formula is C22H23F3N4O2. The van der Waals surface area contributed by atoms with Crippen molar-refractivity contribution in [3.05, 3.63) is 59.7 Å². The quantitative estimate of drug-likeness (QED) is 0.599. The number of imidazole rings is 1. The van der Waals surface area contributed by atoms with Crippen molar-refractivity contribution < 1.29 is 22.7 Å². The van der Waals surface area contributed by atoms with Crippen molar-refractivity contribution in [2.75, 3.05) is 12.4 Å². The van der Waals surface area contributed by atoms with Gasteiger partial charge in [0.25, 0.3) is 12.3 Å².